The highest BCUT2D eigenvalue weighted by atomic mass is 32.1. The van der Waals surface area contributed by atoms with Crippen molar-refractivity contribution in [1.29, 1.82) is 0 Å². The molecular formula is C20H21N5OS. The van der Waals surface area contributed by atoms with Gasteiger partial charge in [0, 0.05) is 22.8 Å². The molecule has 0 unspecified atom stereocenters. The van der Waals surface area contributed by atoms with E-state index in [1.54, 1.807) is 18.4 Å². The monoisotopic (exact) mass is 379 g/mol. The number of methoxy groups -OCH3 is 1. The number of thiazole rings is 1. The van der Waals surface area contributed by atoms with Gasteiger partial charge in [0.1, 0.15) is 22.1 Å². The molecule has 0 fully saturated rings. The van der Waals surface area contributed by atoms with Crippen LogP contribution in [0.4, 0.5) is 5.82 Å². The van der Waals surface area contributed by atoms with Gasteiger partial charge in [-0.1, -0.05) is 18.2 Å². The molecule has 0 aliphatic carbocycles. The summed E-state index contributed by atoms with van der Waals surface area (Å²) in [6.07, 6.45) is 3.94. The lowest BCUT2D eigenvalue weighted by Crippen LogP contribution is -2.07. The van der Waals surface area contributed by atoms with Crippen LogP contribution in [0.1, 0.15) is 21.3 Å². The number of nitrogens with zero attached hydrogens (tertiary/aromatic N) is 4. The second-order valence-electron chi connectivity index (χ2n) is 6.33. The van der Waals surface area contributed by atoms with Crippen LogP contribution in [-0.2, 0) is 13.1 Å². The van der Waals surface area contributed by atoms with Crippen LogP contribution in [0.3, 0.4) is 0 Å². The van der Waals surface area contributed by atoms with E-state index in [-0.39, 0.29) is 0 Å². The highest BCUT2D eigenvalue weighted by Gasteiger charge is 2.13. The Kier molecular flexibility index (Phi) is 4.77. The molecule has 0 saturated carbocycles. The first-order chi connectivity index (χ1) is 13.1. The van der Waals surface area contributed by atoms with Gasteiger partial charge in [-0.3, -0.25) is 0 Å². The first-order valence-corrected chi connectivity index (χ1v) is 9.56. The second kappa shape index (κ2) is 7.36. The third kappa shape index (κ3) is 3.64. The van der Waals surface area contributed by atoms with Crippen LogP contribution >= 0.6 is 11.3 Å². The fourth-order valence-electron chi connectivity index (χ4n) is 3.14. The number of benzene rings is 1. The Hall–Kier alpha value is -2.93. The Morgan fingerprint density at radius 3 is 2.78 bits per heavy atom. The molecule has 0 saturated heterocycles. The number of para-hydroxylation sites is 1. The fraction of sp³-hybridized carbons (Fsp3) is 0.250. The number of anilines is 1. The molecule has 0 aliphatic heterocycles. The zero-order valence-corrected chi connectivity index (χ0v) is 16.4. The van der Waals surface area contributed by atoms with Crippen molar-refractivity contribution >= 4 is 28.2 Å². The fourth-order valence-corrected chi connectivity index (χ4v) is 3.86. The Labute approximate surface area is 161 Å². The van der Waals surface area contributed by atoms with Crippen molar-refractivity contribution in [2.45, 2.75) is 26.9 Å². The molecule has 4 aromatic rings. The van der Waals surface area contributed by atoms with Gasteiger partial charge < -0.3 is 14.6 Å². The van der Waals surface area contributed by atoms with Gasteiger partial charge in [-0.05, 0) is 26.0 Å². The topological polar surface area (TPSA) is 64.9 Å². The van der Waals surface area contributed by atoms with Gasteiger partial charge in [0.2, 0.25) is 0 Å². The van der Waals surface area contributed by atoms with E-state index in [0.29, 0.717) is 13.1 Å². The molecule has 1 N–H and O–H groups in total. The van der Waals surface area contributed by atoms with Crippen molar-refractivity contribution in [3.8, 4) is 5.75 Å². The Bertz CT molecular complexity index is 1090. The van der Waals surface area contributed by atoms with E-state index >= 15 is 0 Å². The maximum atomic E-state index is 5.50. The van der Waals surface area contributed by atoms with Crippen LogP contribution in [0, 0.1) is 13.8 Å². The molecule has 0 bridgehead atoms. The third-order valence-electron chi connectivity index (χ3n) is 4.33. The molecule has 0 amide bonds. The van der Waals surface area contributed by atoms with E-state index in [0.717, 1.165) is 39.0 Å². The summed E-state index contributed by atoms with van der Waals surface area (Å²) in [5, 5.41) is 4.49. The van der Waals surface area contributed by atoms with E-state index in [4.69, 9.17) is 4.74 Å². The minimum absolute atomic E-state index is 0.643. The summed E-state index contributed by atoms with van der Waals surface area (Å²) in [5.74, 6) is 2.45. The molecular weight excluding hydrogens is 358 g/mol. The van der Waals surface area contributed by atoms with Crippen molar-refractivity contribution in [3.63, 3.8) is 0 Å². The summed E-state index contributed by atoms with van der Waals surface area (Å²) in [7, 11) is 1.70. The summed E-state index contributed by atoms with van der Waals surface area (Å²) in [4.78, 5) is 14.9. The number of fused-ring (bicyclic) bond motifs is 1. The van der Waals surface area contributed by atoms with E-state index in [1.807, 2.05) is 43.6 Å². The van der Waals surface area contributed by atoms with Crippen molar-refractivity contribution in [2.24, 2.45) is 0 Å². The standard InChI is InChI=1S/C20H21N5OS/c1-13-10-21-18(27-13)11-22-20-19-16(23-14(2)24-20)8-9-25(19)12-15-6-4-5-7-17(15)26-3/h4-10H,11-12H2,1-3H3,(H,22,23,24). The van der Waals surface area contributed by atoms with Gasteiger partial charge in [0.15, 0.2) is 5.82 Å². The van der Waals surface area contributed by atoms with Crippen molar-refractivity contribution in [3.05, 3.63) is 64.0 Å². The summed E-state index contributed by atoms with van der Waals surface area (Å²) < 4.78 is 7.65. The van der Waals surface area contributed by atoms with Crippen LogP contribution in [0.2, 0.25) is 0 Å². The molecule has 1 aromatic carbocycles. The third-order valence-corrected chi connectivity index (χ3v) is 5.24. The summed E-state index contributed by atoms with van der Waals surface area (Å²) >= 11 is 1.69. The van der Waals surface area contributed by atoms with Gasteiger partial charge in [-0.25, -0.2) is 15.0 Å². The number of nitrogens with one attached hydrogen (secondary N) is 1. The van der Waals surface area contributed by atoms with E-state index in [9.17, 15) is 0 Å². The molecule has 27 heavy (non-hydrogen) atoms. The zero-order valence-electron chi connectivity index (χ0n) is 15.6. The van der Waals surface area contributed by atoms with E-state index < -0.39 is 0 Å². The molecule has 3 heterocycles. The number of ether oxygens (including phenoxy) is 1. The minimum Gasteiger partial charge on any atom is -0.496 e. The van der Waals surface area contributed by atoms with E-state index in [1.165, 1.54) is 4.88 Å². The summed E-state index contributed by atoms with van der Waals surface area (Å²) in [6.45, 7) is 5.30. The van der Waals surface area contributed by atoms with Gasteiger partial charge in [0.25, 0.3) is 0 Å². The lowest BCUT2D eigenvalue weighted by Gasteiger charge is -2.13. The second-order valence-corrected chi connectivity index (χ2v) is 7.65. The molecule has 138 valence electrons. The first-order valence-electron chi connectivity index (χ1n) is 8.74. The molecule has 0 spiro atoms. The average Bonchev–Trinajstić information content (AvgIpc) is 3.26. The predicted octanol–water partition coefficient (Wildman–Crippen LogP) is 4.17. The highest BCUT2D eigenvalue weighted by molar-refractivity contribution is 7.11. The summed E-state index contributed by atoms with van der Waals surface area (Å²) in [6, 6.07) is 10.1. The van der Waals surface area contributed by atoms with Crippen molar-refractivity contribution in [1.82, 2.24) is 19.5 Å². The number of rotatable bonds is 6. The lowest BCUT2D eigenvalue weighted by atomic mass is 10.2. The van der Waals surface area contributed by atoms with Crippen LogP contribution in [-0.4, -0.2) is 26.6 Å². The average molecular weight is 379 g/mol. The smallest absolute Gasteiger partial charge is 0.154 e. The van der Waals surface area contributed by atoms with Crippen molar-refractivity contribution in [2.75, 3.05) is 12.4 Å². The highest BCUT2D eigenvalue weighted by Crippen LogP contribution is 2.26. The molecule has 7 heteroatoms. The molecule has 0 atom stereocenters. The summed E-state index contributed by atoms with van der Waals surface area (Å²) in [5.41, 5.74) is 3.02. The van der Waals surface area contributed by atoms with Gasteiger partial charge in [-0.15, -0.1) is 11.3 Å². The SMILES string of the molecule is COc1ccccc1Cn1ccc2nc(C)nc(NCc3ncc(C)s3)c21. The molecule has 6 nitrogen and oxygen atoms in total. The van der Waals surface area contributed by atoms with Crippen LogP contribution in [0.5, 0.6) is 5.75 Å². The Balaban J connectivity index is 1.69. The zero-order chi connectivity index (χ0) is 18.8. The van der Waals surface area contributed by atoms with Crippen LogP contribution in [0.25, 0.3) is 11.0 Å². The van der Waals surface area contributed by atoms with Gasteiger partial charge in [-0.2, -0.15) is 0 Å². The number of hydrogen-bond acceptors (Lipinski definition) is 6. The number of aromatic nitrogens is 4. The van der Waals surface area contributed by atoms with Crippen LogP contribution < -0.4 is 10.1 Å². The van der Waals surface area contributed by atoms with Gasteiger partial charge >= 0.3 is 0 Å². The Morgan fingerprint density at radius 1 is 1.15 bits per heavy atom. The quantitative estimate of drug-likeness (QED) is 0.545. The normalized spacial score (nSPS) is 11.1. The first kappa shape index (κ1) is 17.5. The number of hydrogen-bond donors (Lipinski definition) is 1. The maximum absolute atomic E-state index is 5.50. The van der Waals surface area contributed by atoms with Crippen molar-refractivity contribution < 1.29 is 4.74 Å². The lowest BCUT2D eigenvalue weighted by molar-refractivity contribution is 0.408. The minimum atomic E-state index is 0.643. The largest absolute Gasteiger partial charge is 0.496 e. The molecule has 4 rings (SSSR count). The van der Waals surface area contributed by atoms with Gasteiger partial charge in [0.05, 0.1) is 25.7 Å². The molecule has 0 radical (unpaired) electrons. The molecule has 3 aromatic heterocycles. The predicted molar refractivity (Wildman–Crippen MR) is 109 cm³/mol. The Morgan fingerprint density at radius 2 is 2.00 bits per heavy atom. The maximum Gasteiger partial charge on any atom is 0.154 e. The van der Waals surface area contributed by atoms with Crippen LogP contribution in [0.15, 0.2) is 42.7 Å². The molecule has 0 aliphatic rings. The number of aryl methyl sites for hydroxylation is 2. The van der Waals surface area contributed by atoms with E-state index in [2.05, 4.69) is 37.8 Å².